The van der Waals surface area contributed by atoms with Crippen molar-refractivity contribution in [1.82, 2.24) is 14.9 Å². The number of nitrogens with one attached hydrogen (secondary N) is 1. The normalized spacial score (nSPS) is 20.5. The van der Waals surface area contributed by atoms with Crippen LogP contribution in [0.15, 0.2) is 12.3 Å². The molecule has 4 rings (SSSR count). The van der Waals surface area contributed by atoms with E-state index in [0.717, 1.165) is 37.0 Å². The lowest BCUT2D eigenvalue weighted by molar-refractivity contribution is -0.142. The van der Waals surface area contributed by atoms with E-state index in [1.807, 2.05) is 4.90 Å². The lowest BCUT2D eigenvalue weighted by Gasteiger charge is -2.22. The van der Waals surface area contributed by atoms with E-state index in [1.54, 1.807) is 13.8 Å². The number of fused-ring (bicyclic) bond motifs is 2. The SMILES string of the molecule is CCOC(=O)c1nc(C(=O)N2C3CCC2CC3)c(-c2cnc(N[C@@H](CC)C(F)(F)F)cc2C)s1. The molecule has 0 unspecified atom stereocenters. The molecule has 2 fully saturated rings. The van der Waals surface area contributed by atoms with E-state index in [9.17, 15) is 22.8 Å². The molecule has 2 aromatic rings. The van der Waals surface area contributed by atoms with Crippen LogP contribution in [0.5, 0.6) is 0 Å². The van der Waals surface area contributed by atoms with Gasteiger partial charge in [0.15, 0.2) is 0 Å². The fourth-order valence-electron chi connectivity index (χ4n) is 4.76. The Morgan fingerprint density at radius 3 is 2.41 bits per heavy atom. The third-order valence-electron chi connectivity index (χ3n) is 6.45. The van der Waals surface area contributed by atoms with Crippen LogP contribution >= 0.6 is 11.3 Å². The fourth-order valence-corrected chi connectivity index (χ4v) is 5.79. The topological polar surface area (TPSA) is 84.4 Å². The van der Waals surface area contributed by atoms with Gasteiger partial charge in [-0.1, -0.05) is 6.92 Å². The zero-order valence-corrected chi connectivity index (χ0v) is 20.1. The molecule has 0 aromatic carbocycles. The summed E-state index contributed by atoms with van der Waals surface area (Å²) in [7, 11) is 0. The number of nitrogens with zero attached hydrogens (tertiary/aromatic N) is 3. The minimum Gasteiger partial charge on any atom is -0.461 e. The van der Waals surface area contributed by atoms with Gasteiger partial charge in [-0.05, 0) is 57.6 Å². The number of aromatic nitrogens is 2. The molecular formula is C23H27F3N4O3S. The minimum absolute atomic E-state index is 0.0662. The van der Waals surface area contributed by atoms with Gasteiger partial charge in [0.2, 0.25) is 5.01 Å². The van der Waals surface area contributed by atoms with Crippen LogP contribution in [0.25, 0.3) is 10.4 Å². The average molecular weight is 497 g/mol. The predicted octanol–water partition coefficient (Wildman–Crippen LogP) is 5.21. The molecule has 1 amide bonds. The Kier molecular flexibility index (Phi) is 6.84. The van der Waals surface area contributed by atoms with Crippen molar-refractivity contribution < 1.29 is 27.5 Å². The molecule has 0 spiro atoms. The molecule has 0 aliphatic carbocycles. The average Bonchev–Trinajstić information content (AvgIpc) is 3.51. The smallest absolute Gasteiger partial charge is 0.408 e. The van der Waals surface area contributed by atoms with Crippen LogP contribution in [0.1, 0.15) is 71.8 Å². The summed E-state index contributed by atoms with van der Waals surface area (Å²) < 4.78 is 44.6. The second-order valence-electron chi connectivity index (χ2n) is 8.62. The molecule has 2 aliphatic rings. The molecule has 1 atom stereocenters. The summed E-state index contributed by atoms with van der Waals surface area (Å²) in [5.74, 6) is -0.750. The van der Waals surface area contributed by atoms with E-state index in [-0.39, 0.29) is 47.5 Å². The second-order valence-corrected chi connectivity index (χ2v) is 9.62. The number of amides is 1. The summed E-state index contributed by atoms with van der Waals surface area (Å²) in [6, 6.07) is 0.155. The van der Waals surface area contributed by atoms with Crippen molar-refractivity contribution in [2.45, 2.75) is 77.2 Å². The van der Waals surface area contributed by atoms with Gasteiger partial charge in [-0.2, -0.15) is 13.2 Å². The highest BCUT2D eigenvalue weighted by atomic mass is 32.1. The van der Waals surface area contributed by atoms with E-state index >= 15 is 0 Å². The molecule has 4 heterocycles. The first-order chi connectivity index (χ1) is 16.1. The Labute approximate surface area is 199 Å². The van der Waals surface area contributed by atoms with Crippen molar-refractivity contribution in [3.05, 3.63) is 28.5 Å². The summed E-state index contributed by atoms with van der Waals surface area (Å²) in [5.41, 5.74) is 1.33. The van der Waals surface area contributed by atoms with E-state index in [2.05, 4.69) is 15.3 Å². The summed E-state index contributed by atoms with van der Waals surface area (Å²) >= 11 is 1.04. The van der Waals surface area contributed by atoms with Gasteiger partial charge in [-0.25, -0.2) is 14.8 Å². The number of alkyl halides is 3. The molecule has 2 aromatic heterocycles. The van der Waals surface area contributed by atoms with Crippen LogP contribution in [0.3, 0.4) is 0 Å². The van der Waals surface area contributed by atoms with Gasteiger partial charge in [0, 0.05) is 23.8 Å². The number of hydrogen-bond donors (Lipinski definition) is 1. The largest absolute Gasteiger partial charge is 0.461 e. The maximum Gasteiger partial charge on any atom is 0.408 e. The first-order valence-corrected chi connectivity index (χ1v) is 12.3. The van der Waals surface area contributed by atoms with Crippen molar-refractivity contribution in [2.75, 3.05) is 11.9 Å². The van der Waals surface area contributed by atoms with Crippen molar-refractivity contribution in [3.63, 3.8) is 0 Å². The Balaban J connectivity index is 1.70. The fraction of sp³-hybridized carbons (Fsp3) is 0.565. The number of carbonyl (C=O) groups excluding carboxylic acids is 2. The summed E-state index contributed by atoms with van der Waals surface area (Å²) in [5, 5.41) is 2.50. The third kappa shape index (κ3) is 4.62. The highest BCUT2D eigenvalue weighted by molar-refractivity contribution is 7.17. The highest BCUT2D eigenvalue weighted by Gasteiger charge is 2.44. The molecule has 34 heavy (non-hydrogen) atoms. The number of carbonyl (C=O) groups is 2. The molecule has 2 aliphatic heterocycles. The second kappa shape index (κ2) is 9.52. The van der Waals surface area contributed by atoms with Gasteiger partial charge in [0.25, 0.3) is 5.91 Å². The van der Waals surface area contributed by atoms with Crippen LogP contribution in [-0.4, -0.2) is 57.7 Å². The summed E-state index contributed by atoms with van der Waals surface area (Å²) in [6.45, 7) is 5.04. The third-order valence-corrected chi connectivity index (χ3v) is 7.52. The van der Waals surface area contributed by atoms with Crippen LogP contribution in [0.4, 0.5) is 19.0 Å². The van der Waals surface area contributed by atoms with Gasteiger partial charge in [0.05, 0.1) is 11.5 Å². The number of halogens is 3. The number of anilines is 1. The van der Waals surface area contributed by atoms with Crippen LogP contribution < -0.4 is 5.32 Å². The van der Waals surface area contributed by atoms with Gasteiger partial charge >= 0.3 is 12.1 Å². The first kappa shape index (κ1) is 24.4. The summed E-state index contributed by atoms with van der Waals surface area (Å²) in [6.07, 6.45) is 0.723. The molecule has 0 saturated carbocycles. The monoisotopic (exact) mass is 496 g/mol. The number of esters is 1. The van der Waals surface area contributed by atoms with Crippen LogP contribution in [0.2, 0.25) is 0 Å². The first-order valence-electron chi connectivity index (χ1n) is 11.4. The molecular weight excluding hydrogens is 469 g/mol. The lowest BCUT2D eigenvalue weighted by Crippen LogP contribution is -2.36. The standard InChI is InChI=1S/C23H27F3N4O3S/c1-4-16(23(24,25)26)28-17-10-12(3)15(11-27-17)19-18(29-20(34-19)22(32)33-5-2)21(31)30-13-6-7-14(30)9-8-13/h10-11,13-14,16H,4-9H2,1-3H3,(H,27,28)/t13?,14?,16-/m0/s1. The molecule has 0 radical (unpaired) electrons. The number of thiazole rings is 1. The van der Waals surface area contributed by atoms with Crippen molar-refractivity contribution in [1.29, 1.82) is 0 Å². The highest BCUT2D eigenvalue weighted by Crippen LogP contribution is 2.41. The van der Waals surface area contributed by atoms with Gasteiger partial charge < -0.3 is 15.0 Å². The van der Waals surface area contributed by atoms with Crippen LogP contribution in [0, 0.1) is 6.92 Å². The lowest BCUT2D eigenvalue weighted by atomic mass is 10.0. The predicted molar refractivity (Wildman–Crippen MR) is 122 cm³/mol. The van der Waals surface area contributed by atoms with E-state index in [1.165, 1.54) is 19.2 Å². The van der Waals surface area contributed by atoms with Crippen LogP contribution in [-0.2, 0) is 4.74 Å². The zero-order chi connectivity index (χ0) is 24.6. The molecule has 184 valence electrons. The number of ether oxygens (including phenoxy) is 1. The molecule has 11 heteroatoms. The molecule has 2 saturated heterocycles. The van der Waals surface area contributed by atoms with Gasteiger partial charge in [0.1, 0.15) is 17.6 Å². The van der Waals surface area contributed by atoms with E-state index < -0.39 is 18.2 Å². The van der Waals surface area contributed by atoms with E-state index in [0.29, 0.717) is 16.0 Å². The summed E-state index contributed by atoms with van der Waals surface area (Å²) in [4.78, 5) is 36.8. The Hall–Kier alpha value is -2.69. The van der Waals surface area contributed by atoms with Gasteiger partial charge in [-0.15, -0.1) is 11.3 Å². The van der Waals surface area contributed by atoms with Gasteiger partial charge in [-0.3, -0.25) is 4.79 Å². The molecule has 7 nitrogen and oxygen atoms in total. The maximum atomic E-state index is 13.5. The number of hydrogen-bond acceptors (Lipinski definition) is 7. The minimum atomic E-state index is -4.40. The zero-order valence-electron chi connectivity index (χ0n) is 19.2. The Morgan fingerprint density at radius 2 is 1.88 bits per heavy atom. The Bertz CT molecular complexity index is 1070. The quantitative estimate of drug-likeness (QED) is 0.530. The maximum absolute atomic E-state index is 13.5. The van der Waals surface area contributed by atoms with Crippen molar-refractivity contribution in [2.24, 2.45) is 0 Å². The molecule has 1 N–H and O–H groups in total. The Morgan fingerprint density at radius 1 is 1.24 bits per heavy atom. The number of aryl methyl sites for hydroxylation is 1. The number of rotatable bonds is 7. The number of pyridine rings is 1. The van der Waals surface area contributed by atoms with Crippen molar-refractivity contribution >= 4 is 29.0 Å². The van der Waals surface area contributed by atoms with Crippen molar-refractivity contribution in [3.8, 4) is 10.4 Å². The van der Waals surface area contributed by atoms with E-state index in [4.69, 9.17) is 4.74 Å². The molecule has 2 bridgehead atoms.